The van der Waals surface area contributed by atoms with Crippen LogP contribution in [0.2, 0.25) is 0 Å². The van der Waals surface area contributed by atoms with Gasteiger partial charge in [-0.05, 0) is 0 Å². The van der Waals surface area contributed by atoms with Crippen LogP contribution in [0.15, 0.2) is 0 Å². The molecular weight excluding hydrogens is 140 g/mol. The third-order valence-corrected chi connectivity index (χ3v) is 0.635. The first-order valence-corrected chi connectivity index (χ1v) is 2.17. The summed E-state index contributed by atoms with van der Waals surface area (Å²) in [4.78, 5) is 10.0. The Kier molecular flexibility index (Phi) is 6.70. The molecule has 52 valence electrons. The van der Waals surface area contributed by atoms with Crippen molar-refractivity contribution in [2.75, 3.05) is 0 Å². The maximum atomic E-state index is 10.0. The van der Waals surface area contributed by atoms with Crippen LogP contribution in [0.5, 0.6) is 0 Å². The Bertz CT molecular complexity index is 129. The summed E-state index contributed by atoms with van der Waals surface area (Å²) in [5.41, 5.74) is 9.89. The molecule has 0 spiro atoms. The number of terminal acetylenes is 1. The van der Waals surface area contributed by atoms with E-state index in [0.717, 1.165) is 0 Å². The third-order valence-electron chi connectivity index (χ3n) is 0.635. The van der Waals surface area contributed by atoms with Crippen LogP contribution in [-0.2, 0) is 4.79 Å². The molecule has 0 aliphatic rings. The first kappa shape index (κ1) is 11.1. The van der Waals surface area contributed by atoms with Crippen LogP contribution in [0, 0.1) is 12.3 Å². The monoisotopic (exact) mass is 148 g/mol. The highest BCUT2D eigenvalue weighted by Crippen LogP contribution is 1.80. The van der Waals surface area contributed by atoms with Gasteiger partial charge in [-0.15, -0.1) is 18.8 Å². The van der Waals surface area contributed by atoms with E-state index in [1.807, 2.05) is 0 Å². The van der Waals surface area contributed by atoms with Crippen LogP contribution in [-0.4, -0.2) is 11.9 Å². The summed E-state index contributed by atoms with van der Waals surface area (Å²) in [6.07, 6.45) is 4.90. The third kappa shape index (κ3) is 7.28. The van der Waals surface area contributed by atoms with Gasteiger partial charge in [0.1, 0.15) is 0 Å². The summed E-state index contributed by atoms with van der Waals surface area (Å²) in [5, 5.41) is 0. The maximum Gasteiger partial charge on any atom is 0.219 e. The molecule has 0 radical (unpaired) electrons. The zero-order chi connectivity index (χ0) is 6.57. The minimum absolute atomic E-state index is 0. The van der Waals surface area contributed by atoms with Crippen molar-refractivity contribution >= 4 is 18.3 Å². The molecule has 0 saturated carbocycles. The normalized spacial score (nSPS) is 10.7. The average molecular weight is 149 g/mol. The van der Waals surface area contributed by atoms with Crippen LogP contribution in [0.25, 0.3) is 0 Å². The van der Waals surface area contributed by atoms with Crippen molar-refractivity contribution in [1.29, 1.82) is 0 Å². The first-order valence-electron chi connectivity index (χ1n) is 2.17. The Morgan fingerprint density at radius 1 is 1.78 bits per heavy atom. The molecular formula is C5H9ClN2O. The van der Waals surface area contributed by atoms with E-state index in [1.165, 1.54) is 0 Å². The Labute approximate surface area is 60.2 Å². The van der Waals surface area contributed by atoms with Gasteiger partial charge >= 0.3 is 0 Å². The lowest BCUT2D eigenvalue weighted by Crippen LogP contribution is -2.25. The lowest BCUT2D eigenvalue weighted by molar-refractivity contribution is -0.118. The zero-order valence-electron chi connectivity index (χ0n) is 4.83. The Morgan fingerprint density at radius 3 is 2.33 bits per heavy atom. The zero-order valence-corrected chi connectivity index (χ0v) is 5.65. The molecule has 9 heavy (non-hydrogen) atoms. The van der Waals surface area contributed by atoms with E-state index in [2.05, 4.69) is 5.92 Å². The molecule has 0 fully saturated rings. The van der Waals surface area contributed by atoms with Gasteiger partial charge in [-0.25, -0.2) is 0 Å². The Balaban J connectivity index is 0. The number of carbonyl (C=O) groups is 1. The molecule has 3 nitrogen and oxygen atoms in total. The second kappa shape index (κ2) is 5.42. The van der Waals surface area contributed by atoms with Crippen LogP contribution in [0.3, 0.4) is 0 Å². The molecule has 1 unspecified atom stereocenters. The standard InChI is InChI=1S/C5H8N2O.ClH/c1-2-4(6)3-5(7)8;/h1,4H,3,6H2,(H2,7,8);1H. The quantitative estimate of drug-likeness (QED) is 0.506. The maximum absolute atomic E-state index is 10.0. The van der Waals surface area contributed by atoms with Crippen molar-refractivity contribution < 1.29 is 4.79 Å². The fourth-order valence-electron chi connectivity index (χ4n) is 0.276. The second-order valence-corrected chi connectivity index (χ2v) is 1.44. The molecule has 4 heteroatoms. The van der Waals surface area contributed by atoms with Crippen LogP contribution >= 0.6 is 12.4 Å². The van der Waals surface area contributed by atoms with Gasteiger partial charge in [0, 0.05) is 0 Å². The minimum atomic E-state index is -0.521. The largest absolute Gasteiger partial charge is 0.370 e. The highest BCUT2D eigenvalue weighted by atomic mass is 35.5. The Morgan fingerprint density at radius 2 is 2.22 bits per heavy atom. The molecule has 0 aromatic heterocycles. The topological polar surface area (TPSA) is 69.1 Å². The fraction of sp³-hybridized carbons (Fsp3) is 0.400. The summed E-state index contributed by atoms with van der Waals surface area (Å²) in [6, 6.07) is -0.521. The van der Waals surface area contributed by atoms with Crippen molar-refractivity contribution in [3.05, 3.63) is 0 Å². The SMILES string of the molecule is C#CC(N)CC(N)=O.Cl. The van der Waals surface area contributed by atoms with E-state index in [1.54, 1.807) is 0 Å². The lowest BCUT2D eigenvalue weighted by atomic mass is 10.2. The van der Waals surface area contributed by atoms with Crippen LogP contribution < -0.4 is 11.5 Å². The number of primary amides is 1. The van der Waals surface area contributed by atoms with Gasteiger partial charge in [0.05, 0.1) is 12.5 Å². The summed E-state index contributed by atoms with van der Waals surface area (Å²) >= 11 is 0. The lowest BCUT2D eigenvalue weighted by Gasteiger charge is -1.95. The molecule has 0 aromatic rings. The van der Waals surface area contributed by atoms with E-state index < -0.39 is 11.9 Å². The van der Waals surface area contributed by atoms with Gasteiger partial charge in [0.25, 0.3) is 0 Å². The van der Waals surface area contributed by atoms with Gasteiger partial charge in [-0.3, -0.25) is 4.79 Å². The van der Waals surface area contributed by atoms with E-state index in [9.17, 15) is 4.79 Å². The van der Waals surface area contributed by atoms with Crippen molar-refractivity contribution in [3.8, 4) is 12.3 Å². The Hall–Kier alpha value is -0.720. The molecule has 0 bridgehead atoms. The number of hydrogen-bond donors (Lipinski definition) is 2. The molecule has 4 N–H and O–H groups in total. The van der Waals surface area contributed by atoms with E-state index in [0.29, 0.717) is 0 Å². The predicted molar refractivity (Wildman–Crippen MR) is 37.9 cm³/mol. The molecule has 1 amide bonds. The van der Waals surface area contributed by atoms with Gasteiger partial charge < -0.3 is 11.5 Å². The van der Waals surface area contributed by atoms with Crippen molar-refractivity contribution in [3.63, 3.8) is 0 Å². The van der Waals surface area contributed by atoms with Gasteiger partial charge in [0.15, 0.2) is 0 Å². The predicted octanol–water partition coefficient (Wildman–Crippen LogP) is -0.756. The number of nitrogens with two attached hydrogens (primary N) is 2. The van der Waals surface area contributed by atoms with Gasteiger partial charge in [0.2, 0.25) is 5.91 Å². The summed E-state index contributed by atoms with van der Waals surface area (Å²) < 4.78 is 0. The molecule has 0 aliphatic carbocycles. The van der Waals surface area contributed by atoms with Crippen molar-refractivity contribution in [2.24, 2.45) is 11.5 Å². The summed E-state index contributed by atoms with van der Waals surface area (Å²) in [6.45, 7) is 0. The molecule has 0 heterocycles. The van der Waals surface area contributed by atoms with E-state index >= 15 is 0 Å². The van der Waals surface area contributed by atoms with Crippen LogP contribution in [0.4, 0.5) is 0 Å². The highest BCUT2D eigenvalue weighted by Gasteiger charge is 1.99. The number of halogens is 1. The fourth-order valence-corrected chi connectivity index (χ4v) is 0.276. The summed E-state index contributed by atoms with van der Waals surface area (Å²) in [5.74, 6) is 1.71. The summed E-state index contributed by atoms with van der Waals surface area (Å²) in [7, 11) is 0. The number of carbonyl (C=O) groups excluding carboxylic acids is 1. The van der Waals surface area contributed by atoms with Crippen LogP contribution in [0.1, 0.15) is 6.42 Å². The first-order chi connectivity index (χ1) is 3.66. The second-order valence-electron chi connectivity index (χ2n) is 1.44. The molecule has 0 aromatic carbocycles. The van der Waals surface area contributed by atoms with Gasteiger partial charge in [-0.2, -0.15) is 0 Å². The number of amides is 1. The van der Waals surface area contributed by atoms with Crippen molar-refractivity contribution in [2.45, 2.75) is 12.5 Å². The number of rotatable bonds is 2. The molecule has 0 saturated heterocycles. The molecule has 0 rings (SSSR count). The van der Waals surface area contributed by atoms with E-state index in [-0.39, 0.29) is 18.8 Å². The smallest absolute Gasteiger partial charge is 0.219 e. The average Bonchev–Trinajstić information content (AvgIpc) is 1.65. The van der Waals surface area contributed by atoms with E-state index in [4.69, 9.17) is 17.9 Å². The number of hydrogen-bond acceptors (Lipinski definition) is 2. The molecule has 0 aliphatic heterocycles. The van der Waals surface area contributed by atoms with Crippen molar-refractivity contribution in [1.82, 2.24) is 0 Å². The minimum Gasteiger partial charge on any atom is -0.370 e. The molecule has 1 atom stereocenters. The highest BCUT2D eigenvalue weighted by molar-refractivity contribution is 5.85. The van der Waals surface area contributed by atoms with Gasteiger partial charge in [-0.1, -0.05) is 5.92 Å².